The van der Waals surface area contributed by atoms with Crippen molar-refractivity contribution in [1.82, 2.24) is 0 Å². The number of amides is 1. The molecule has 0 saturated carbocycles. The van der Waals surface area contributed by atoms with Gasteiger partial charge >= 0.3 is 0 Å². The molecule has 2 aromatic rings. The summed E-state index contributed by atoms with van der Waals surface area (Å²) in [5.41, 5.74) is 3.53. The lowest BCUT2D eigenvalue weighted by atomic mass is 9.98. The number of fused-ring (bicyclic) bond motifs is 1. The third-order valence-electron chi connectivity index (χ3n) is 4.79. The first-order chi connectivity index (χ1) is 12.9. The normalized spacial score (nSPS) is 13.2. The fraction of sp³-hybridized carbons (Fsp3) is 0.364. The summed E-state index contributed by atoms with van der Waals surface area (Å²) in [5.74, 6) is 0.383. The summed E-state index contributed by atoms with van der Waals surface area (Å²) in [7, 11) is 0. The van der Waals surface area contributed by atoms with Crippen LogP contribution in [0.2, 0.25) is 0 Å². The highest BCUT2D eigenvalue weighted by molar-refractivity contribution is 5.96. The Morgan fingerprint density at radius 3 is 2.63 bits per heavy atom. The highest BCUT2D eigenvalue weighted by Crippen LogP contribution is 2.31. The van der Waals surface area contributed by atoms with E-state index in [1.54, 1.807) is 11.8 Å². The van der Waals surface area contributed by atoms with Crippen molar-refractivity contribution in [3.05, 3.63) is 58.9 Å². The van der Waals surface area contributed by atoms with Crippen molar-refractivity contribution in [1.29, 1.82) is 0 Å². The maximum Gasteiger partial charge on any atom is 0.264 e. The van der Waals surface area contributed by atoms with Gasteiger partial charge in [-0.2, -0.15) is 0 Å². The van der Waals surface area contributed by atoms with Crippen LogP contribution in [-0.4, -0.2) is 24.8 Å². The van der Waals surface area contributed by atoms with Crippen LogP contribution in [0, 0.1) is 12.7 Å². The molecular weight excluding hydrogens is 345 g/mol. The standard InChI is InChI=1S/C22H24FNO3/c1-15-12-19(23)13-18-4-3-11-24(22(15)18)21(26)14-27-20-9-7-17(8-10-20)6-5-16(2)25/h7-10,12-13H,3-6,11,14H2,1-2H3. The Kier molecular flexibility index (Phi) is 5.89. The summed E-state index contributed by atoms with van der Waals surface area (Å²) in [4.78, 5) is 25.4. The highest BCUT2D eigenvalue weighted by Gasteiger charge is 2.25. The third-order valence-corrected chi connectivity index (χ3v) is 4.79. The second-order valence-electron chi connectivity index (χ2n) is 7.01. The molecule has 1 aliphatic heterocycles. The molecule has 3 rings (SSSR count). The summed E-state index contributed by atoms with van der Waals surface area (Å²) in [5, 5.41) is 0. The predicted molar refractivity (Wildman–Crippen MR) is 103 cm³/mol. The molecule has 4 nitrogen and oxygen atoms in total. The first kappa shape index (κ1) is 19.1. The molecular formula is C22H24FNO3. The third kappa shape index (κ3) is 4.73. The van der Waals surface area contributed by atoms with Crippen molar-refractivity contribution in [3.63, 3.8) is 0 Å². The molecule has 142 valence electrons. The Morgan fingerprint density at radius 2 is 1.93 bits per heavy atom. The topological polar surface area (TPSA) is 46.6 Å². The number of nitrogens with zero attached hydrogens (tertiary/aromatic N) is 1. The first-order valence-electron chi connectivity index (χ1n) is 9.24. The summed E-state index contributed by atoms with van der Waals surface area (Å²) >= 11 is 0. The molecule has 0 atom stereocenters. The maximum atomic E-state index is 13.6. The molecule has 0 radical (unpaired) electrons. The predicted octanol–water partition coefficient (Wildman–Crippen LogP) is 4.01. The van der Waals surface area contributed by atoms with Gasteiger partial charge in [-0.15, -0.1) is 0 Å². The minimum atomic E-state index is -0.262. The average Bonchev–Trinajstić information content (AvgIpc) is 2.64. The van der Waals surface area contributed by atoms with Gasteiger partial charge in [-0.3, -0.25) is 4.79 Å². The molecule has 0 unspecified atom stereocenters. The number of hydrogen-bond acceptors (Lipinski definition) is 3. The van der Waals surface area contributed by atoms with Crippen molar-refractivity contribution in [3.8, 4) is 5.75 Å². The van der Waals surface area contributed by atoms with Crippen LogP contribution >= 0.6 is 0 Å². The minimum Gasteiger partial charge on any atom is -0.484 e. The Morgan fingerprint density at radius 1 is 1.19 bits per heavy atom. The van der Waals surface area contributed by atoms with Crippen molar-refractivity contribution in [2.45, 2.75) is 39.5 Å². The number of aryl methyl sites for hydroxylation is 3. The smallest absolute Gasteiger partial charge is 0.264 e. The van der Waals surface area contributed by atoms with Gasteiger partial charge < -0.3 is 14.4 Å². The van der Waals surface area contributed by atoms with E-state index in [-0.39, 0.29) is 24.1 Å². The van der Waals surface area contributed by atoms with E-state index in [0.29, 0.717) is 25.1 Å². The maximum absolute atomic E-state index is 13.6. The molecule has 2 aromatic carbocycles. The van der Waals surface area contributed by atoms with Crippen molar-refractivity contribution < 1.29 is 18.7 Å². The lowest BCUT2D eigenvalue weighted by molar-refractivity contribution is -0.120. The number of hydrogen-bond donors (Lipinski definition) is 0. The van der Waals surface area contributed by atoms with Gasteiger partial charge in [0.05, 0.1) is 5.69 Å². The molecule has 27 heavy (non-hydrogen) atoms. The zero-order chi connectivity index (χ0) is 19.4. The van der Waals surface area contributed by atoms with Gasteiger partial charge in [0, 0.05) is 13.0 Å². The van der Waals surface area contributed by atoms with Gasteiger partial charge in [0.1, 0.15) is 17.3 Å². The van der Waals surface area contributed by atoms with Gasteiger partial charge in [0.2, 0.25) is 0 Å². The van der Waals surface area contributed by atoms with Crippen LogP contribution in [0.25, 0.3) is 0 Å². The average molecular weight is 369 g/mol. The number of Topliss-reactive ketones (excluding diaryl/α,β-unsaturated/α-hetero) is 1. The molecule has 1 heterocycles. The van der Waals surface area contributed by atoms with E-state index < -0.39 is 0 Å². The van der Waals surface area contributed by atoms with Crippen LogP contribution in [-0.2, 0) is 22.4 Å². The minimum absolute atomic E-state index is 0.0664. The number of halogens is 1. The number of carbonyl (C=O) groups excluding carboxylic acids is 2. The van der Waals surface area contributed by atoms with Crippen LogP contribution in [0.5, 0.6) is 5.75 Å². The van der Waals surface area contributed by atoms with Crippen LogP contribution < -0.4 is 9.64 Å². The Bertz CT molecular complexity index is 845. The van der Waals surface area contributed by atoms with E-state index in [1.165, 1.54) is 12.1 Å². The van der Waals surface area contributed by atoms with Gasteiger partial charge in [0.25, 0.3) is 5.91 Å². The van der Waals surface area contributed by atoms with E-state index in [9.17, 15) is 14.0 Å². The van der Waals surface area contributed by atoms with Gasteiger partial charge in [0.15, 0.2) is 6.61 Å². The van der Waals surface area contributed by atoms with Crippen LogP contribution in [0.1, 0.15) is 36.5 Å². The number of ether oxygens (including phenoxy) is 1. The second kappa shape index (κ2) is 8.33. The molecule has 0 fully saturated rings. The number of rotatable bonds is 6. The first-order valence-corrected chi connectivity index (χ1v) is 9.24. The summed E-state index contributed by atoms with van der Waals surface area (Å²) in [6, 6.07) is 10.4. The van der Waals surface area contributed by atoms with Gasteiger partial charge in [-0.05, 0) is 74.1 Å². The fourth-order valence-electron chi connectivity index (χ4n) is 3.47. The number of benzene rings is 2. The summed E-state index contributed by atoms with van der Waals surface area (Å²) in [6.45, 7) is 3.96. The van der Waals surface area contributed by atoms with Crippen LogP contribution in [0.15, 0.2) is 36.4 Å². The Hall–Kier alpha value is -2.69. The molecule has 1 aliphatic rings. The monoisotopic (exact) mass is 369 g/mol. The van der Waals surface area contributed by atoms with Crippen molar-refractivity contribution >= 4 is 17.4 Å². The van der Waals surface area contributed by atoms with Crippen LogP contribution in [0.4, 0.5) is 10.1 Å². The second-order valence-corrected chi connectivity index (χ2v) is 7.01. The molecule has 0 N–H and O–H groups in total. The van der Waals surface area contributed by atoms with E-state index >= 15 is 0 Å². The van der Waals surface area contributed by atoms with Crippen molar-refractivity contribution in [2.75, 3.05) is 18.1 Å². The van der Waals surface area contributed by atoms with Crippen molar-refractivity contribution in [2.24, 2.45) is 0 Å². The SMILES string of the molecule is CC(=O)CCc1ccc(OCC(=O)N2CCCc3cc(F)cc(C)c32)cc1. The molecule has 1 amide bonds. The molecule has 0 aliphatic carbocycles. The van der Waals surface area contributed by atoms with E-state index in [0.717, 1.165) is 35.2 Å². The summed E-state index contributed by atoms with van der Waals surface area (Å²) < 4.78 is 19.3. The lowest BCUT2D eigenvalue weighted by Gasteiger charge is -2.31. The van der Waals surface area contributed by atoms with E-state index in [4.69, 9.17) is 4.74 Å². The Balaban J connectivity index is 1.63. The Labute approximate surface area is 158 Å². The zero-order valence-electron chi connectivity index (χ0n) is 15.8. The van der Waals surface area contributed by atoms with E-state index in [1.807, 2.05) is 31.2 Å². The quantitative estimate of drug-likeness (QED) is 0.773. The molecule has 0 bridgehead atoms. The molecule has 0 spiro atoms. The molecule has 5 heteroatoms. The molecule has 0 aromatic heterocycles. The van der Waals surface area contributed by atoms with Gasteiger partial charge in [-0.1, -0.05) is 12.1 Å². The highest BCUT2D eigenvalue weighted by atomic mass is 19.1. The number of carbonyl (C=O) groups is 2. The largest absolute Gasteiger partial charge is 0.484 e. The fourth-order valence-corrected chi connectivity index (χ4v) is 3.47. The lowest BCUT2D eigenvalue weighted by Crippen LogP contribution is -2.39. The zero-order valence-corrected chi connectivity index (χ0v) is 15.8. The number of anilines is 1. The number of ketones is 1. The van der Waals surface area contributed by atoms with E-state index in [2.05, 4.69) is 0 Å². The van der Waals surface area contributed by atoms with Gasteiger partial charge in [-0.25, -0.2) is 4.39 Å². The molecule has 0 saturated heterocycles. The van der Waals surface area contributed by atoms with Crippen LogP contribution in [0.3, 0.4) is 0 Å². The summed E-state index contributed by atoms with van der Waals surface area (Å²) in [6.07, 6.45) is 2.81.